The number of carbonyl (C=O) groups excluding carboxylic acids is 1. The Morgan fingerprint density at radius 3 is 2.71 bits per heavy atom. The molecular formula is C10H12F3N3O. The highest BCUT2D eigenvalue weighted by atomic mass is 19.4. The molecule has 0 aromatic carbocycles. The van der Waals surface area contributed by atoms with Gasteiger partial charge in [0, 0.05) is 12.2 Å². The molecule has 0 unspecified atom stereocenters. The molecule has 1 aromatic rings. The van der Waals surface area contributed by atoms with Crippen molar-refractivity contribution in [1.82, 2.24) is 9.88 Å². The lowest BCUT2D eigenvalue weighted by molar-refractivity contribution is -0.123. The minimum Gasteiger partial charge on any atom is -0.397 e. The van der Waals surface area contributed by atoms with Crippen molar-refractivity contribution in [2.24, 2.45) is 0 Å². The molecule has 1 amide bonds. The van der Waals surface area contributed by atoms with Crippen LogP contribution < -0.4 is 11.1 Å². The number of anilines is 1. The highest BCUT2D eigenvalue weighted by Gasteiger charge is 2.31. The first-order chi connectivity index (χ1) is 7.87. The summed E-state index contributed by atoms with van der Waals surface area (Å²) in [6.45, 7) is -1.33. The third kappa shape index (κ3) is 2.92. The lowest BCUT2D eigenvalue weighted by atomic mass is 10.3. The maximum absolute atomic E-state index is 12.0. The molecule has 4 nitrogen and oxygen atoms in total. The number of hydrogen-bond donors (Lipinski definition) is 2. The molecule has 1 fully saturated rings. The van der Waals surface area contributed by atoms with E-state index in [1.54, 1.807) is 10.8 Å². The minimum atomic E-state index is -4.40. The zero-order valence-corrected chi connectivity index (χ0v) is 8.92. The topological polar surface area (TPSA) is 60.1 Å². The molecule has 0 bridgehead atoms. The van der Waals surface area contributed by atoms with E-state index in [0.717, 1.165) is 12.8 Å². The quantitative estimate of drug-likeness (QED) is 0.854. The molecule has 7 heteroatoms. The van der Waals surface area contributed by atoms with E-state index in [9.17, 15) is 18.0 Å². The zero-order valence-electron chi connectivity index (χ0n) is 8.92. The van der Waals surface area contributed by atoms with E-state index < -0.39 is 18.6 Å². The van der Waals surface area contributed by atoms with Crippen molar-refractivity contribution in [2.45, 2.75) is 25.1 Å². The lowest BCUT2D eigenvalue weighted by Gasteiger charge is -2.10. The van der Waals surface area contributed by atoms with Gasteiger partial charge in [0.25, 0.3) is 5.91 Å². The molecule has 1 heterocycles. The minimum absolute atomic E-state index is 0.189. The lowest BCUT2D eigenvalue weighted by Crippen LogP contribution is -2.34. The zero-order chi connectivity index (χ0) is 12.6. The first kappa shape index (κ1) is 11.8. The van der Waals surface area contributed by atoms with Crippen molar-refractivity contribution in [3.05, 3.63) is 18.0 Å². The van der Waals surface area contributed by atoms with Gasteiger partial charge in [-0.1, -0.05) is 0 Å². The van der Waals surface area contributed by atoms with Gasteiger partial charge in [0.05, 0.1) is 5.69 Å². The van der Waals surface area contributed by atoms with Crippen LogP contribution in [0.3, 0.4) is 0 Å². The number of nitrogen functional groups attached to an aromatic ring is 1. The largest absolute Gasteiger partial charge is 0.405 e. The Labute approximate surface area is 95.6 Å². The summed E-state index contributed by atoms with van der Waals surface area (Å²) >= 11 is 0. The van der Waals surface area contributed by atoms with Crippen molar-refractivity contribution in [3.63, 3.8) is 0 Å². The van der Waals surface area contributed by atoms with Crippen LogP contribution in [0.15, 0.2) is 12.3 Å². The van der Waals surface area contributed by atoms with Crippen molar-refractivity contribution in [3.8, 4) is 0 Å². The molecule has 0 aliphatic heterocycles. The maximum atomic E-state index is 12.0. The standard InChI is InChI=1S/C10H12F3N3O/c11-10(12,13)5-15-9(17)8-3-6(14)4-16(8)7-1-2-7/h3-4,7H,1-2,5,14H2,(H,15,17). The average molecular weight is 247 g/mol. The van der Waals surface area contributed by atoms with Gasteiger partial charge in [-0.05, 0) is 18.9 Å². The molecule has 3 N–H and O–H groups in total. The second kappa shape index (κ2) is 3.97. The fourth-order valence-corrected chi connectivity index (χ4v) is 1.61. The van der Waals surface area contributed by atoms with Crippen LogP contribution in [0.4, 0.5) is 18.9 Å². The normalized spacial score (nSPS) is 15.9. The highest BCUT2D eigenvalue weighted by Crippen LogP contribution is 2.37. The summed E-state index contributed by atoms with van der Waals surface area (Å²) in [7, 11) is 0. The van der Waals surface area contributed by atoms with Crippen LogP contribution in [0.2, 0.25) is 0 Å². The summed E-state index contributed by atoms with van der Waals surface area (Å²) in [5.41, 5.74) is 6.11. The number of nitrogens with two attached hydrogens (primary N) is 1. The monoisotopic (exact) mass is 247 g/mol. The Morgan fingerprint density at radius 1 is 1.53 bits per heavy atom. The number of nitrogens with zero attached hydrogens (tertiary/aromatic N) is 1. The smallest absolute Gasteiger partial charge is 0.397 e. The Morgan fingerprint density at radius 2 is 2.18 bits per heavy atom. The molecule has 17 heavy (non-hydrogen) atoms. The summed E-state index contributed by atoms with van der Waals surface area (Å²) in [4.78, 5) is 11.6. The van der Waals surface area contributed by atoms with Crippen molar-refractivity contribution < 1.29 is 18.0 Å². The maximum Gasteiger partial charge on any atom is 0.405 e. The van der Waals surface area contributed by atoms with Gasteiger partial charge < -0.3 is 15.6 Å². The molecule has 2 rings (SSSR count). The third-order valence-electron chi connectivity index (χ3n) is 2.49. The Hall–Kier alpha value is -1.66. The second-order valence-corrected chi connectivity index (χ2v) is 4.09. The number of alkyl halides is 3. The first-order valence-corrected chi connectivity index (χ1v) is 5.19. The number of halogens is 3. The molecule has 1 saturated carbocycles. The van der Waals surface area contributed by atoms with E-state index in [1.165, 1.54) is 6.07 Å². The summed E-state index contributed by atoms with van der Waals surface area (Å²) < 4.78 is 37.5. The summed E-state index contributed by atoms with van der Waals surface area (Å²) in [6, 6.07) is 1.59. The number of aromatic nitrogens is 1. The van der Waals surface area contributed by atoms with Gasteiger partial charge in [0.1, 0.15) is 12.2 Å². The van der Waals surface area contributed by atoms with E-state index in [-0.39, 0.29) is 11.7 Å². The van der Waals surface area contributed by atoms with Gasteiger partial charge in [0.2, 0.25) is 0 Å². The summed E-state index contributed by atoms with van der Waals surface area (Å²) in [5, 5.41) is 1.83. The third-order valence-corrected chi connectivity index (χ3v) is 2.49. The Bertz CT molecular complexity index is 434. The predicted octanol–water partition coefficient (Wildman–Crippen LogP) is 1.70. The van der Waals surface area contributed by atoms with Gasteiger partial charge in [-0.25, -0.2) is 0 Å². The number of amides is 1. The van der Waals surface area contributed by atoms with Gasteiger partial charge in [-0.15, -0.1) is 0 Å². The van der Waals surface area contributed by atoms with E-state index in [2.05, 4.69) is 0 Å². The number of nitrogens with one attached hydrogen (secondary N) is 1. The molecule has 0 spiro atoms. The molecule has 1 aromatic heterocycles. The number of carbonyl (C=O) groups is 1. The van der Waals surface area contributed by atoms with Gasteiger partial charge >= 0.3 is 6.18 Å². The molecule has 1 aliphatic rings. The predicted molar refractivity (Wildman–Crippen MR) is 55.5 cm³/mol. The van der Waals surface area contributed by atoms with Crippen LogP contribution in [-0.4, -0.2) is 23.2 Å². The van der Waals surface area contributed by atoms with E-state index in [0.29, 0.717) is 5.69 Å². The summed E-state index contributed by atoms with van der Waals surface area (Å²) in [6.07, 6.45) is -0.973. The second-order valence-electron chi connectivity index (χ2n) is 4.09. The van der Waals surface area contributed by atoms with Crippen molar-refractivity contribution in [2.75, 3.05) is 12.3 Å². The van der Waals surface area contributed by atoms with Crippen LogP contribution in [-0.2, 0) is 0 Å². The van der Waals surface area contributed by atoms with Crippen LogP contribution in [0.5, 0.6) is 0 Å². The summed E-state index contributed by atoms with van der Waals surface area (Å²) in [5.74, 6) is -0.745. The van der Waals surface area contributed by atoms with Crippen LogP contribution in [0, 0.1) is 0 Å². The Balaban J connectivity index is 2.08. The molecule has 1 aliphatic carbocycles. The van der Waals surface area contributed by atoms with E-state index in [4.69, 9.17) is 5.73 Å². The van der Waals surface area contributed by atoms with Crippen LogP contribution >= 0.6 is 0 Å². The number of hydrogen-bond acceptors (Lipinski definition) is 2. The molecule has 0 radical (unpaired) electrons. The molecular weight excluding hydrogens is 235 g/mol. The van der Waals surface area contributed by atoms with Crippen LogP contribution in [0.1, 0.15) is 29.4 Å². The molecule has 0 saturated heterocycles. The fourth-order valence-electron chi connectivity index (χ4n) is 1.61. The average Bonchev–Trinajstić information content (AvgIpc) is 2.97. The van der Waals surface area contributed by atoms with E-state index >= 15 is 0 Å². The fraction of sp³-hybridized carbons (Fsp3) is 0.500. The van der Waals surface area contributed by atoms with E-state index in [1.807, 2.05) is 5.32 Å². The SMILES string of the molecule is Nc1cc(C(=O)NCC(F)(F)F)n(C2CC2)c1. The Kier molecular flexibility index (Phi) is 2.76. The van der Waals surface area contributed by atoms with Crippen LogP contribution in [0.25, 0.3) is 0 Å². The van der Waals surface area contributed by atoms with Gasteiger partial charge in [0.15, 0.2) is 0 Å². The van der Waals surface area contributed by atoms with Crippen molar-refractivity contribution >= 4 is 11.6 Å². The highest BCUT2D eigenvalue weighted by molar-refractivity contribution is 5.93. The van der Waals surface area contributed by atoms with Gasteiger partial charge in [-0.2, -0.15) is 13.2 Å². The molecule has 94 valence electrons. The van der Waals surface area contributed by atoms with Crippen molar-refractivity contribution in [1.29, 1.82) is 0 Å². The first-order valence-electron chi connectivity index (χ1n) is 5.19. The van der Waals surface area contributed by atoms with Gasteiger partial charge in [-0.3, -0.25) is 4.79 Å². The number of rotatable bonds is 3. The molecule has 0 atom stereocenters.